The summed E-state index contributed by atoms with van der Waals surface area (Å²) in [6.07, 6.45) is 2.86. The third-order valence-corrected chi connectivity index (χ3v) is 5.44. The monoisotopic (exact) mass is 396 g/mol. The van der Waals surface area contributed by atoms with E-state index in [1.165, 1.54) is 38.7 Å². The van der Waals surface area contributed by atoms with Crippen molar-refractivity contribution in [2.24, 2.45) is 7.05 Å². The standard InChI is InChI=1S/C19H20N6O2S/c1-19(2,3)11-5-6-12-13(7-11)28-18(22-12)23-14(26)8-25-10-21-16-15(25)17(27)24(4)9-20-16/h5-7,9-10H,8H2,1-4H3,(H,22,23,26). The number of aryl methyl sites for hydroxylation is 1. The molecule has 0 aliphatic carbocycles. The molecular formula is C19H20N6O2S. The van der Waals surface area contributed by atoms with Crippen molar-refractivity contribution in [3.8, 4) is 0 Å². The van der Waals surface area contributed by atoms with Gasteiger partial charge in [0.2, 0.25) is 5.91 Å². The van der Waals surface area contributed by atoms with Crippen LogP contribution in [0, 0.1) is 0 Å². The predicted molar refractivity (Wildman–Crippen MR) is 110 cm³/mol. The average Bonchev–Trinajstić information content (AvgIpc) is 3.20. The van der Waals surface area contributed by atoms with E-state index in [0.29, 0.717) is 16.3 Å². The zero-order valence-corrected chi connectivity index (χ0v) is 16.9. The van der Waals surface area contributed by atoms with E-state index >= 15 is 0 Å². The number of benzene rings is 1. The number of fused-ring (bicyclic) bond motifs is 2. The predicted octanol–water partition coefficient (Wildman–Crippen LogP) is 2.68. The number of anilines is 1. The second-order valence-electron chi connectivity index (χ2n) is 7.71. The SMILES string of the molecule is Cn1cnc2ncn(CC(=O)Nc3nc4ccc(C(C)(C)C)cc4s3)c2c1=O. The Balaban J connectivity index is 1.57. The molecule has 9 heteroatoms. The third-order valence-electron chi connectivity index (χ3n) is 4.51. The van der Waals surface area contributed by atoms with Crippen molar-refractivity contribution in [1.29, 1.82) is 0 Å². The van der Waals surface area contributed by atoms with Gasteiger partial charge in [0.25, 0.3) is 5.56 Å². The van der Waals surface area contributed by atoms with E-state index in [9.17, 15) is 9.59 Å². The quantitative estimate of drug-likeness (QED) is 0.574. The van der Waals surface area contributed by atoms with Gasteiger partial charge >= 0.3 is 0 Å². The molecule has 144 valence electrons. The topological polar surface area (TPSA) is 94.7 Å². The molecule has 0 bridgehead atoms. The third kappa shape index (κ3) is 3.29. The Morgan fingerprint density at radius 1 is 1.21 bits per heavy atom. The van der Waals surface area contributed by atoms with Gasteiger partial charge in [-0.25, -0.2) is 15.0 Å². The summed E-state index contributed by atoms with van der Waals surface area (Å²) in [4.78, 5) is 37.5. The number of carbonyl (C=O) groups is 1. The summed E-state index contributed by atoms with van der Waals surface area (Å²) in [5.74, 6) is -0.277. The van der Waals surface area contributed by atoms with Gasteiger partial charge in [-0.1, -0.05) is 38.2 Å². The van der Waals surface area contributed by atoms with Crippen LogP contribution in [0.15, 0.2) is 35.6 Å². The van der Waals surface area contributed by atoms with E-state index in [0.717, 1.165) is 10.2 Å². The molecule has 0 spiro atoms. The highest BCUT2D eigenvalue weighted by Gasteiger charge is 2.17. The number of aromatic nitrogens is 5. The highest BCUT2D eigenvalue weighted by atomic mass is 32.1. The summed E-state index contributed by atoms with van der Waals surface area (Å²) in [6, 6.07) is 6.15. The lowest BCUT2D eigenvalue weighted by molar-refractivity contribution is -0.116. The first kappa shape index (κ1) is 18.3. The first-order valence-electron chi connectivity index (χ1n) is 8.80. The Labute approximate surface area is 164 Å². The van der Waals surface area contributed by atoms with Crippen LogP contribution >= 0.6 is 11.3 Å². The second-order valence-corrected chi connectivity index (χ2v) is 8.74. The van der Waals surface area contributed by atoms with Crippen LogP contribution < -0.4 is 10.9 Å². The Kier molecular flexibility index (Phi) is 4.26. The van der Waals surface area contributed by atoms with E-state index in [1.807, 2.05) is 6.07 Å². The molecule has 8 nitrogen and oxygen atoms in total. The van der Waals surface area contributed by atoms with E-state index < -0.39 is 0 Å². The summed E-state index contributed by atoms with van der Waals surface area (Å²) >= 11 is 1.43. The van der Waals surface area contributed by atoms with Crippen molar-refractivity contribution in [3.63, 3.8) is 0 Å². The maximum Gasteiger partial charge on any atom is 0.279 e. The molecule has 3 aromatic heterocycles. The Hall–Kier alpha value is -3.07. The number of carbonyl (C=O) groups excluding carboxylic acids is 1. The summed E-state index contributed by atoms with van der Waals surface area (Å²) in [6.45, 7) is 6.44. The van der Waals surface area contributed by atoms with Crippen molar-refractivity contribution < 1.29 is 4.79 Å². The lowest BCUT2D eigenvalue weighted by Crippen LogP contribution is -2.23. The number of rotatable bonds is 3. The molecule has 1 N–H and O–H groups in total. The number of imidazole rings is 1. The first-order valence-corrected chi connectivity index (χ1v) is 9.61. The number of amides is 1. The fraction of sp³-hybridized carbons (Fsp3) is 0.316. The van der Waals surface area contributed by atoms with E-state index in [1.54, 1.807) is 7.05 Å². The minimum absolute atomic E-state index is 0.0411. The van der Waals surface area contributed by atoms with Gasteiger partial charge in [-0.3, -0.25) is 9.59 Å². The zero-order valence-electron chi connectivity index (χ0n) is 16.1. The van der Waals surface area contributed by atoms with Crippen LogP contribution in [0.3, 0.4) is 0 Å². The fourth-order valence-corrected chi connectivity index (χ4v) is 3.84. The molecule has 0 radical (unpaired) electrons. The molecule has 4 rings (SSSR count). The van der Waals surface area contributed by atoms with Crippen LogP contribution in [-0.2, 0) is 23.8 Å². The molecule has 4 aromatic rings. The van der Waals surface area contributed by atoms with Crippen molar-refractivity contribution in [2.45, 2.75) is 32.7 Å². The zero-order chi connectivity index (χ0) is 20.1. The highest BCUT2D eigenvalue weighted by Crippen LogP contribution is 2.31. The van der Waals surface area contributed by atoms with E-state index in [4.69, 9.17) is 0 Å². The molecule has 0 saturated carbocycles. The highest BCUT2D eigenvalue weighted by molar-refractivity contribution is 7.22. The minimum atomic E-state index is -0.277. The maximum atomic E-state index is 12.5. The number of nitrogens with zero attached hydrogens (tertiary/aromatic N) is 5. The Morgan fingerprint density at radius 2 is 1.96 bits per heavy atom. The average molecular weight is 396 g/mol. The lowest BCUT2D eigenvalue weighted by Gasteiger charge is -2.18. The van der Waals surface area contributed by atoms with Gasteiger partial charge in [0.05, 0.1) is 22.9 Å². The molecule has 1 aromatic carbocycles. The van der Waals surface area contributed by atoms with Crippen molar-refractivity contribution in [3.05, 3.63) is 46.8 Å². The smallest absolute Gasteiger partial charge is 0.279 e. The van der Waals surface area contributed by atoms with Crippen LogP contribution in [0.5, 0.6) is 0 Å². The van der Waals surface area contributed by atoms with Gasteiger partial charge in [-0.2, -0.15) is 0 Å². The van der Waals surface area contributed by atoms with Crippen molar-refractivity contribution >= 4 is 43.8 Å². The molecule has 0 saturated heterocycles. The van der Waals surface area contributed by atoms with Crippen LogP contribution in [0.4, 0.5) is 5.13 Å². The maximum absolute atomic E-state index is 12.5. The van der Waals surface area contributed by atoms with E-state index in [-0.39, 0.29) is 23.4 Å². The molecule has 0 aliphatic heterocycles. The largest absolute Gasteiger partial charge is 0.315 e. The molecule has 0 fully saturated rings. The summed E-state index contributed by atoms with van der Waals surface area (Å²) < 4.78 is 3.89. The lowest BCUT2D eigenvalue weighted by atomic mass is 9.87. The van der Waals surface area contributed by atoms with Gasteiger partial charge in [0, 0.05) is 7.05 Å². The van der Waals surface area contributed by atoms with Gasteiger partial charge in [-0.05, 0) is 23.1 Å². The molecular weight excluding hydrogens is 376 g/mol. The van der Waals surface area contributed by atoms with Gasteiger partial charge in [0.1, 0.15) is 6.54 Å². The first-order chi connectivity index (χ1) is 13.2. The van der Waals surface area contributed by atoms with Gasteiger partial charge in [0.15, 0.2) is 16.3 Å². The molecule has 3 heterocycles. The fourth-order valence-electron chi connectivity index (χ4n) is 2.92. The van der Waals surface area contributed by atoms with Crippen LogP contribution in [-0.4, -0.2) is 30.0 Å². The Bertz CT molecular complexity index is 1260. The number of hydrogen-bond donors (Lipinski definition) is 1. The van der Waals surface area contributed by atoms with E-state index in [2.05, 4.69) is 53.2 Å². The molecule has 28 heavy (non-hydrogen) atoms. The summed E-state index contributed by atoms with van der Waals surface area (Å²) in [7, 11) is 1.61. The number of thiazole rings is 1. The normalized spacial score (nSPS) is 12.0. The molecule has 0 aliphatic rings. The summed E-state index contributed by atoms with van der Waals surface area (Å²) in [5, 5.41) is 3.35. The van der Waals surface area contributed by atoms with Gasteiger partial charge in [-0.15, -0.1) is 0 Å². The van der Waals surface area contributed by atoms with Crippen molar-refractivity contribution in [1.82, 2.24) is 24.1 Å². The second kappa shape index (κ2) is 6.52. The summed E-state index contributed by atoms with van der Waals surface area (Å²) in [5.41, 5.74) is 2.49. The van der Waals surface area contributed by atoms with Crippen LogP contribution in [0.25, 0.3) is 21.4 Å². The number of nitrogens with one attached hydrogen (secondary N) is 1. The molecule has 0 unspecified atom stereocenters. The van der Waals surface area contributed by atoms with Crippen molar-refractivity contribution in [2.75, 3.05) is 5.32 Å². The minimum Gasteiger partial charge on any atom is -0.315 e. The Morgan fingerprint density at radius 3 is 2.71 bits per heavy atom. The molecule has 1 amide bonds. The molecule has 0 atom stereocenters. The van der Waals surface area contributed by atoms with Crippen LogP contribution in [0.2, 0.25) is 0 Å². The van der Waals surface area contributed by atoms with Crippen LogP contribution in [0.1, 0.15) is 26.3 Å². The van der Waals surface area contributed by atoms with Gasteiger partial charge < -0.3 is 14.5 Å². The number of hydrogen-bond acceptors (Lipinski definition) is 6.